The van der Waals surface area contributed by atoms with Crippen LogP contribution >= 0.6 is 11.8 Å². The summed E-state index contributed by atoms with van der Waals surface area (Å²) in [4.78, 5) is 17.2. The van der Waals surface area contributed by atoms with Crippen LogP contribution in [0.25, 0.3) is 0 Å². The molecule has 0 aromatic heterocycles. The van der Waals surface area contributed by atoms with E-state index in [0.717, 1.165) is 22.0 Å². The predicted molar refractivity (Wildman–Crippen MR) is 107 cm³/mol. The van der Waals surface area contributed by atoms with Gasteiger partial charge in [0.1, 0.15) is 11.9 Å². The van der Waals surface area contributed by atoms with Gasteiger partial charge in [0.25, 0.3) is 0 Å². The molecule has 4 nitrogen and oxygen atoms in total. The van der Waals surface area contributed by atoms with E-state index in [0.29, 0.717) is 17.9 Å². The minimum Gasteiger partial charge on any atom is -0.463 e. The van der Waals surface area contributed by atoms with Crippen molar-refractivity contribution in [2.45, 2.75) is 25.6 Å². The first kappa shape index (κ1) is 19.2. The first-order valence-corrected chi connectivity index (χ1v) is 9.72. The number of halogens is 1. The molecule has 2 aromatic carbocycles. The molecule has 0 saturated carbocycles. The number of amidine groups is 1. The van der Waals surface area contributed by atoms with Gasteiger partial charge in [-0.05, 0) is 37.1 Å². The molecule has 1 heterocycles. The molecule has 0 unspecified atom stereocenters. The SMILES string of the molecule is CCOC(=O)C1=C(C)NC(SCc2ccc(F)cc2)=N[C@@H]1c1ccccc1. The van der Waals surface area contributed by atoms with Crippen molar-refractivity contribution in [1.82, 2.24) is 5.32 Å². The number of carbonyl (C=O) groups is 1. The van der Waals surface area contributed by atoms with Crippen LogP contribution < -0.4 is 5.32 Å². The largest absolute Gasteiger partial charge is 0.463 e. The Morgan fingerprint density at radius 1 is 1.19 bits per heavy atom. The second-order valence-electron chi connectivity index (χ2n) is 6.05. The van der Waals surface area contributed by atoms with Crippen molar-refractivity contribution in [2.75, 3.05) is 6.61 Å². The van der Waals surface area contributed by atoms with Gasteiger partial charge in [-0.2, -0.15) is 0 Å². The van der Waals surface area contributed by atoms with Crippen LogP contribution in [0.4, 0.5) is 4.39 Å². The van der Waals surface area contributed by atoms with Crippen molar-refractivity contribution in [3.05, 3.63) is 82.8 Å². The molecule has 1 atom stereocenters. The van der Waals surface area contributed by atoms with Gasteiger partial charge in [-0.1, -0.05) is 54.2 Å². The molecule has 140 valence electrons. The van der Waals surface area contributed by atoms with Crippen molar-refractivity contribution in [3.8, 4) is 0 Å². The van der Waals surface area contributed by atoms with E-state index in [9.17, 15) is 9.18 Å². The Balaban J connectivity index is 1.84. The fourth-order valence-corrected chi connectivity index (χ4v) is 3.70. The van der Waals surface area contributed by atoms with E-state index in [-0.39, 0.29) is 11.8 Å². The van der Waals surface area contributed by atoms with Crippen LogP contribution in [0.2, 0.25) is 0 Å². The van der Waals surface area contributed by atoms with E-state index in [4.69, 9.17) is 9.73 Å². The minimum absolute atomic E-state index is 0.251. The third-order valence-corrected chi connectivity index (χ3v) is 5.08. The second kappa shape index (κ2) is 8.86. The van der Waals surface area contributed by atoms with Crippen molar-refractivity contribution in [2.24, 2.45) is 4.99 Å². The Hall–Kier alpha value is -2.60. The number of thioether (sulfide) groups is 1. The van der Waals surface area contributed by atoms with E-state index < -0.39 is 6.04 Å². The zero-order valence-corrected chi connectivity index (χ0v) is 16.1. The van der Waals surface area contributed by atoms with Crippen LogP contribution in [-0.4, -0.2) is 17.7 Å². The van der Waals surface area contributed by atoms with Gasteiger partial charge in [-0.25, -0.2) is 14.2 Å². The van der Waals surface area contributed by atoms with Gasteiger partial charge < -0.3 is 10.1 Å². The van der Waals surface area contributed by atoms with E-state index in [1.165, 1.54) is 23.9 Å². The molecule has 0 aliphatic carbocycles. The maximum Gasteiger partial charge on any atom is 0.338 e. The molecule has 0 radical (unpaired) electrons. The Morgan fingerprint density at radius 2 is 1.89 bits per heavy atom. The fraction of sp³-hybridized carbons (Fsp3) is 0.238. The lowest BCUT2D eigenvalue weighted by molar-refractivity contribution is -0.138. The summed E-state index contributed by atoms with van der Waals surface area (Å²) in [6.07, 6.45) is 0. The zero-order chi connectivity index (χ0) is 19.2. The third kappa shape index (κ3) is 4.77. The summed E-state index contributed by atoms with van der Waals surface area (Å²) in [6.45, 7) is 3.96. The number of benzene rings is 2. The summed E-state index contributed by atoms with van der Waals surface area (Å²) in [6, 6.07) is 15.7. The van der Waals surface area contributed by atoms with Gasteiger partial charge in [-0.3, -0.25) is 0 Å². The van der Waals surface area contributed by atoms with Gasteiger partial charge >= 0.3 is 5.97 Å². The zero-order valence-electron chi connectivity index (χ0n) is 15.2. The van der Waals surface area contributed by atoms with Gasteiger partial charge in [0.15, 0.2) is 5.17 Å². The smallest absolute Gasteiger partial charge is 0.338 e. The summed E-state index contributed by atoms with van der Waals surface area (Å²) in [7, 11) is 0. The lowest BCUT2D eigenvalue weighted by Crippen LogP contribution is -2.30. The van der Waals surface area contributed by atoms with Crippen molar-refractivity contribution in [1.29, 1.82) is 0 Å². The number of aliphatic imine (C=N–C) groups is 1. The number of hydrogen-bond acceptors (Lipinski definition) is 5. The summed E-state index contributed by atoms with van der Waals surface area (Å²) in [5, 5.41) is 3.93. The van der Waals surface area contributed by atoms with Crippen LogP contribution in [0.3, 0.4) is 0 Å². The van der Waals surface area contributed by atoms with Crippen LogP contribution in [0.1, 0.15) is 31.0 Å². The standard InChI is InChI=1S/C21H21FN2O2S/c1-3-26-20(25)18-14(2)23-21(24-19(18)16-7-5-4-6-8-16)27-13-15-9-11-17(22)12-10-15/h4-12,19H,3,13H2,1-2H3,(H,23,24)/t19-/m1/s1. The van der Waals surface area contributed by atoms with E-state index in [2.05, 4.69) is 5.32 Å². The van der Waals surface area contributed by atoms with Gasteiger partial charge in [0, 0.05) is 11.4 Å². The molecule has 0 bridgehead atoms. The monoisotopic (exact) mass is 384 g/mol. The Morgan fingerprint density at radius 3 is 2.56 bits per heavy atom. The summed E-state index contributed by atoms with van der Waals surface area (Å²) >= 11 is 1.52. The molecule has 0 amide bonds. The molecular formula is C21H21FN2O2S. The number of nitrogens with zero attached hydrogens (tertiary/aromatic N) is 1. The maximum atomic E-state index is 13.1. The molecule has 2 aromatic rings. The number of esters is 1. The molecule has 0 spiro atoms. The van der Waals surface area contributed by atoms with Crippen LogP contribution in [-0.2, 0) is 15.3 Å². The predicted octanol–water partition coefficient (Wildman–Crippen LogP) is 4.60. The Kier molecular flexibility index (Phi) is 6.29. The molecule has 27 heavy (non-hydrogen) atoms. The lowest BCUT2D eigenvalue weighted by Gasteiger charge is -2.25. The average Bonchev–Trinajstić information content (AvgIpc) is 2.68. The summed E-state index contributed by atoms with van der Waals surface area (Å²) < 4.78 is 18.3. The molecular weight excluding hydrogens is 363 g/mol. The van der Waals surface area contributed by atoms with Gasteiger partial charge in [-0.15, -0.1) is 0 Å². The van der Waals surface area contributed by atoms with E-state index in [1.807, 2.05) is 37.3 Å². The second-order valence-corrected chi connectivity index (χ2v) is 7.01. The van der Waals surface area contributed by atoms with Crippen LogP contribution in [0.15, 0.2) is 70.9 Å². The third-order valence-electron chi connectivity index (χ3n) is 4.12. The Labute approximate surface area is 162 Å². The van der Waals surface area contributed by atoms with Crippen molar-refractivity contribution >= 4 is 22.9 Å². The maximum absolute atomic E-state index is 13.1. The molecule has 0 fully saturated rings. The summed E-state index contributed by atoms with van der Waals surface area (Å²) in [5.74, 6) is 0.0388. The highest BCUT2D eigenvalue weighted by Crippen LogP contribution is 2.33. The number of rotatable bonds is 5. The number of hydrogen-bond donors (Lipinski definition) is 1. The molecule has 6 heteroatoms. The quantitative estimate of drug-likeness (QED) is 0.766. The number of carbonyl (C=O) groups excluding carboxylic acids is 1. The highest BCUT2D eigenvalue weighted by atomic mass is 32.2. The minimum atomic E-state index is -0.415. The number of allylic oxidation sites excluding steroid dienone is 1. The number of nitrogens with one attached hydrogen (secondary N) is 1. The van der Waals surface area contributed by atoms with E-state index >= 15 is 0 Å². The first-order valence-electron chi connectivity index (χ1n) is 8.73. The highest BCUT2D eigenvalue weighted by Gasteiger charge is 2.30. The van der Waals surface area contributed by atoms with Crippen LogP contribution in [0, 0.1) is 5.82 Å². The fourth-order valence-electron chi connectivity index (χ4n) is 2.80. The molecule has 1 aliphatic heterocycles. The van der Waals surface area contributed by atoms with Gasteiger partial charge in [0.2, 0.25) is 0 Å². The number of ether oxygens (including phenoxy) is 1. The highest BCUT2D eigenvalue weighted by molar-refractivity contribution is 8.13. The molecule has 0 saturated heterocycles. The van der Waals surface area contributed by atoms with Gasteiger partial charge in [0.05, 0.1) is 12.2 Å². The normalized spacial score (nSPS) is 16.6. The lowest BCUT2D eigenvalue weighted by atomic mass is 9.97. The first-order chi connectivity index (χ1) is 13.1. The molecule has 3 rings (SSSR count). The topological polar surface area (TPSA) is 50.7 Å². The van der Waals surface area contributed by atoms with Crippen LogP contribution in [0.5, 0.6) is 0 Å². The molecule has 1 aliphatic rings. The average molecular weight is 384 g/mol. The Bertz CT molecular complexity index is 864. The van der Waals surface area contributed by atoms with E-state index in [1.54, 1.807) is 19.1 Å². The van der Waals surface area contributed by atoms with Crippen molar-refractivity contribution in [3.63, 3.8) is 0 Å². The summed E-state index contributed by atoms with van der Waals surface area (Å²) in [5.41, 5.74) is 3.19. The molecule has 1 N–H and O–H groups in total. The van der Waals surface area contributed by atoms with Crippen molar-refractivity contribution < 1.29 is 13.9 Å².